The summed E-state index contributed by atoms with van der Waals surface area (Å²) in [5.74, 6) is 0.310. The van der Waals surface area contributed by atoms with Crippen LogP contribution in [0.3, 0.4) is 0 Å². The van der Waals surface area contributed by atoms with Gasteiger partial charge in [0.15, 0.2) is 0 Å². The van der Waals surface area contributed by atoms with Crippen molar-refractivity contribution in [2.75, 3.05) is 6.54 Å². The molecule has 76 valence electrons. The Labute approximate surface area is 81.3 Å². The molecule has 0 amide bonds. The molecule has 2 unspecified atom stereocenters. The van der Waals surface area contributed by atoms with Gasteiger partial charge in [-0.15, -0.1) is 0 Å². The van der Waals surface area contributed by atoms with Crippen LogP contribution in [0.2, 0.25) is 0 Å². The molecule has 0 aromatic carbocycles. The molecule has 1 aliphatic heterocycles. The summed E-state index contributed by atoms with van der Waals surface area (Å²) in [6, 6.07) is 1.11. The van der Waals surface area contributed by atoms with Crippen LogP contribution in [-0.2, 0) is 4.79 Å². The van der Waals surface area contributed by atoms with Gasteiger partial charge in [-0.2, -0.15) is 0 Å². The molecule has 0 N–H and O–H groups in total. The van der Waals surface area contributed by atoms with Crippen LogP contribution in [0.15, 0.2) is 0 Å². The first-order valence-corrected chi connectivity index (χ1v) is 5.36. The Balaban J connectivity index is 2.43. The second kappa shape index (κ2) is 4.75. The van der Waals surface area contributed by atoms with Crippen LogP contribution in [0.5, 0.6) is 0 Å². The molecular formula is C11H21NO. The van der Waals surface area contributed by atoms with Crippen molar-refractivity contribution in [2.45, 2.75) is 58.5 Å². The monoisotopic (exact) mass is 183 g/mol. The molecule has 0 aromatic heterocycles. The summed E-state index contributed by atoms with van der Waals surface area (Å²) in [5, 5.41) is 0. The number of Topliss-reactive ketones (excluding diaryl/α,β-unsaturated/α-hetero) is 1. The Hall–Kier alpha value is -0.370. The smallest absolute Gasteiger partial charge is 0.131 e. The minimum atomic E-state index is 0.310. The van der Waals surface area contributed by atoms with Gasteiger partial charge < -0.3 is 0 Å². The normalized spacial score (nSPS) is 27.2. The highest BCUT2D eigenvalue weighted by molar-refractivity contribution is 5.76. The van der Waals surface area contributed by atoms with E-state index in [4.69, 9.17) is 0 Å². The van der Waals surface area contributed by atoms with Gasteiger partial charge in [0.05, 0.1) is 0 Å². The Morgan fingerprint density at radius 3 is 2.77 bits per heavy atom. The third-order valence-corrected chi connectivity index (χ3v) is 3.00. The van der Waals surface area contributed by atoms with Gasteiger partial charge in [0.1, 0.15) is 5.78 Å². The number of hydrogen-bond acceptors (Lipinski definition) is 2. The van der Waals surface area contributed by atoms with E-state index in [0.29, 0.717) is 24.3 Å². The first kappa shape index (κ1) is 10.7. The third-order valence-electron chi connectivity index (χ3n) is 3.00. The summed E-state index contributed by atoms with van der Waals surface area (Å²) in [6.07, 6.45) is 4.66. The van der Waals surface area contributed by atoms with Crippen molar-refractivity contribution >= 4 is 5.78 Å². The van der Waals surface area contributed by atoms with E-state index in [0.717, 1.165) is 0 Å². The fraction of sp³-hybridized carbons (Fsp3) is 0.909. The zero-order valence-corrected chi connectivity index (χ0v) is 9.05. The molecule has 0 spiro atoms. The van der Waals surface area contributed by atoms with Crippen molar-refractivity contribution in [1.82, 2.24) is 4.90 Å². The number of likely N-dealkylation sites (tertiary alicyclic amines) is 1. The maximum atomic E-state index is 11.0. The number of hydrogen-bond donors (Lipinski definition) is 0. The topological polar surface area (TPSA) is 20.3 Å². The van der Waals surface area contributed by atoms with E-state index in [1.165, 1.54) is 25.8 Å². The summed E-state index contributed by atoms with van der Waals surface area (Å²) >= 11 is 0. The molecule has 2 atom stereocenters. The van der Waals surface area contributed by atoms with Gasteiger partial charge in [-0.25, -0.2) is 0 Å². The lowest BCUT2D eigenvalue weighted by Crippen LogP contribution is -2.44. The van der Waals surface area contributed by atoms with Crippen molar-refractivity contribution < 1.29 is 4.79 Å². The Bertz CT molecular complexity index is 179. The zero-order chi connectivity index (χ0) is 9.84. The highest BCUT2D eigenvalue weighted by Gasteiger charge is 2.23. The number of carbonyl (C=O) groups excluding carboxylic acids is 1. The predicted octanol–water partition coefficient (Wildman–Crippen LogP) is 2.23. The summed E-state index contributed by atoms with van der Waals surface area (Å²) in [5.41, 5.74) is 0. The molecule has 1 saturated heterocycles. The van der Waals surface area contributed by atoms with Gasteiger partial charge >= 0.3 is 0 Å². The lowest BCUT2D eigenvalue weighted by Gasteiger charge is -2.37. The molecule has 0 saturated carbocycles. The van der Waals surface area contributed by atoms with E-state index in [-0.39, 0.29) is 0 Å². The first-order valence-electron chi connectivity index (χ1n) is 5.36. The quantitative estimate of drug-likeness (QED) is 0.668. The second-order valence-corrected chi connectivity index (χ2v) is 4.34. The maximum absolute atomic E-state index is 11.0. The van der Waals surface area contributed by atoms with Gasteiger partial charge in [-0.05, 0) is 40.2 Å². The maximum Gasteiger partial charge on any atom is 0.131 e. The number of ketones is 1. The number of piperidine rings is 1. The van der Waals surface area contributed by atoms with Crippen LogP contribution >= 0.6 is 0 Å². The highest BCUT2D eigenvalue weighted by atomic mass is 16.1. The predicted molar refractivity (Wildman–Crippen MR) is 54.8 cm³/mol. The molecule has 1 rings (SSSR count). The molecule has 2 heteroatoms. The van der Waals surface area contributed by atoms with Gasteiger partial charge in [0, 0.05) is 18.5 Å². The van der Waals surface area contributed by atoms with E-state index in [2.05, 4.69) is 18.7 Å². The second-order valence-electron chi connectivity index (χ2n) is 4.34. The van der Waals surface area contributed by atoms with Gasteiger partial charge in [0.25, 0.3) is 0 Å². The van der Waals surface area contributed by atoms with Crippen molar-refractivity contribution in [1.29, 1.82) is 0 Å². The van der Waals surface area contributed by atoms with Gasteiger partial charge in [-0.1, -0.05) is 6.42 Å². The van der Waals surface area contributed by atoms with E-state index in [9.17, 15) is 4.79 Å². The highest BCUT2D eigenvalue weighted by Crippen LogP contribution is 2.20. The van der Waals surface area contributed by atoms with Crippen LogP contribution in [0.1, 0.15) is 46.5 Å². The molecule has 13 heavy (non-hydrogen) atoms. The largest absolute Gasteiger partial charge is 0.300 e. The summed E-state index contributed by atoms with van der Waals surface area (Å²) in [7, 11) is 0. The number of carbonyl (C=O) groups is 1. The molecule has 1 aliphatic rings. The molecule has 0 bridgehead atoms. The first-order chi connectivity index (χ1) is 6.11. The third kappa shape index (κ3) is 3.11. The van der Waals surface area contributed by atoms with Gasteiger partial charge in [0.2, 0.25) is 0 Å². The van der Waals surface area contributed by atoms with E-state index < -0.39 is 0 Å². The standard InChI is InChI=1S/C11H21NO/c1-9-6-4-5-7-12(9)10(2)8-11(3)13/h9-10H,4-8H2,1-3H3. The SMILES string of the molecule is CC(=O)CC(C)N1CCCCC1C. The van der Waals surface area contributed by atoms with E-state index in [1.54, 1.807) is 6.92 Å². The van der Waals surface area contributed by atoms with Crippen molar-refractivity contribution in [3.05, 3.63) is 0 Å². The lowest BCUT2D eigenvalue weighted by molar-refractivity contribution is -0.118. The molecule has 0 aromatic rings. The summed E-state index contributed by atoms with van der Waals surface area (Å²) < 4.78 is 0. The van der Waals surface area contributed by atoms with Crippen LogP contribution in [0, 0.1) is 0 Å². The number of nitrogens with zero attached hydrogens (tertiary/aromatic N) is 1. The van der Waals surface area contributed by atoms with Crippen LogP contribution in [-0.4, -0.2) is 29.3 Å². The van der Waals surface area contributed by atoms with Crippen LogP contribution in [0.4, 0.5) is 0 Å². The van der Waals surface area contributed by atoms with Crippen molar-refractivity contribution in [3.8, 4) is 0 Å². The Morgan fingerprint density at radius 2 is 2.23 bits per heavy atom. The molecule has 0 aliphatic carbocycles. The van der Waals surface area contributed by atoms with Gasteiger partial charge in [-0.3, -0.25) is 9.69 Å². The minimum absolute atomic E-state index is 0.310. The molecular weight excluding hydrogens is 162 g/mol. The van der Waals surface area contributed by atoms with E-state index >= 15 is 0 Å². The van der Waals surface area contributed by atoms with E-state index in [1.807, 2.05) is 0 Å². The molecule has 1 fully saturated rings. The van der Waals surface area contributed by atoms with Crippen LogP contribution in [0.25, 0.3) is 0 Å². The van der Waals surface area contributed by atoms with Crippen LogP contribution < -0.4 is 0 Å². The van der Waals surface area contributed by atoms with Crippen molar-refractivity contribution in [3.63, 3.8) is 0 Å². The zero-order valence-electron chi connectivity index (χ0n) is 9.05. The Kier molecular flexibility index (Phi) is 3.91. The fourth-order valence-electron chi connectivity index (χ4n) is 2.31. The lowest BCUT2D eigenvalue weighted by atomic mass is 10.00. The average Bonchev–Trinajstić information content (AvgIpc) is 2.03. The molecule has 2 nitrogen and oxygen atoms in total. The average molecular weight is 183 g/mol. The Morgan fingerprint density at radius 1 is 1.54 bits per heavy atom. The summed E-state index contributed by atoms with van der Waals surface area (Å²) in [4.78, 5) is 13.5. The minimum Gasteiger partial charge on any atom is -0.300 e. The molecule has 1 heterocycles. The number of rotatable bonds is 3. The fourth-order valence-corrected chi connectivity index (χ4v) is 2.31. The summed E-state index contributed by atoms with van der Waals surface area (Å²) in [6.45, 7) is 7.31. The van der Waals surface area contributed by atoms with Crippen molar-refractivity contribution in [2.24, 2.45) is 0 Å². The molecule has 0 radical (unpaired) electrons.